The summed E-state index contributed by atoms with van der Waals surface area (Å²) in [5, 5.41) is 45.0. The molecule has 2 N–H and O–H groups in total. The quantitative estimate of drug-likeness (QED) is 0.100. The Morgan fingerprint density at radius 2 is 0.803 bits per heavy atom. The van der Waals surface area contributed by atoms with Crippen LogP contribution in [-0.2, 0) is 38.2 Å². The number of benzene rings is 6. The Kier molecular flexibility index (Phi) is 18.1. The first kappa shape index (κ1) is 58.1. The molecule has 0 aromatic heterocycles. The van der Waals surface area contributed by atoms with Crippen LogP contribution in [0.5, 0.6) is 23.0 Å². The molecule has 0 amide bonds. The van der Waals surface area contributed by atoms with Crippen molar-refractivity contribution >= 4 is 77.7 Å². The Balaban J connectivity index is 0.000000239. The summed E-state index contributed by atoms with van der Waals surface area (Å²) in [6.45, 7) is 31.5. The second-order valence-corrected chi connectivity index (χ2v) is 23.4. The van der Waals surface area contributed by atoms with Crippen molar-refractivity contribution in [3.63, 3.8) is 0 Å². The number of carbonyl (C=O) groups excluding carboxylic acids is 2. The molecular weight excluding hydrogens is 1070 g/mol. The number of aromatic hydroxyl groups is 2. The molecule has 71 heavy (non-hydrogen) atoms. The summed E-state index contributed by atoms with van der Waals surface area (Å²) >= 11 is 6.90. The van der Waals surface area contributed by atoms with Crippen LogP contribution in [0.15, 0.2) is 104 Å². The fourth-order valence-corrected chi connectivity index (χ4v) is 10.6. The number of carbonyl (C=O) groups is 2. The number of phenols is 2. The molecule has 0 saturated heterocycles. The predicted octanol–water partition coefficient (Wildman–Crippen LogP) is 14.3. The largest absolute Gasteiger partial charge is 2.00 e. The molecule has 7 rings (SSSR count). The summed E-state index contributed by atoms with van der Waals surface area (Å²) in [4.78, 5) is 32.0. The van der Waals surface area contributed by atoms with Crippen LogP contribution in [0.3, 0.4) is 0 Å². The normalized spacial score (nSPS) is 13.5. The van der Waals surface area contributed by atoms with Gasteiger partial charge in [0.05, 0.1) is 34.3 Å². The van der Waals surface area contributed by atoms with Crippen molar-refractivity contribution in [3.05, 3.63) is 150 Å². The van der Waals surface area contributed by atoms with E-state index in [0.717, 1.165) is 42.9 Å². The van der Waals surface area contributed by atoms with E-state index in [2.05, 4.69) is 132 Å². The van der Waals surface area contributed by atoms with E-state index in [0.29, 0.717) is 22.3 Å². The first-order chi connectivity index (χ1) is 32.2. The SMILES string of the molecule is CC(C)(C)c1cc(Br)c(C(C)(C)C)c(O)c1OC(=O)[O-].CC(C)(C)c1cc(Br)c(C(C)(C)C)c(O)c1OC(=O)[O-].Cc1cccc(C)c1N=C1C(=Nc2c(C)cccc2C)c2cccc3cccc1c23.[Ni+2]. The summed E-state index contributed by atoms with van der Waals surface area (Å²) in [6.07, 6.45) is -3.37. The molecule has 0 radical (unpaired) electrons. The zero-order valence-electron chi connectivity index (χ0n) is 43.4. The van der Waals surface area contributed by atoms with Gasteiger partial charge in [0.1, 0.15) is 11.5 Å². The van der Waals surface area contributed by atoms with Gasteiger partial charge >= 0.3 is 16.5 Å². The Bertz CT molecular complexity index is 2830. The third-order valence-electron chi connectivity index (χ3n) is 11.9. The van der Waals surface area contributed by atoms with Gasteiger partial charge in [-0.05, 0) is 100 Å². The maximum absolute atomic E-state index is 10.8. The third kappa shape index (κ3) is 13.1. The minimum atomic E-state index is -1.69. The van der Waals surface area contributed by atoms with Crippen LogP contribution in [-0.4, -0.2) is 33.9 Å². The number of nitrogens with zero attached hydrogens (tertiary/aromatic N) is 2. The number of rotatable bonds is 4. The molecule has 1 aliphatic rings. The molecule has 6 aromatic rings. The minimum Gasteiger partial charge on any atom is -0.510 e. The number of ether oxygens (including phenoxy) is 2. The van der Waals surface area contributed by atoms with E-state index in [-0.39, 0.29) is 61.1 Å². The summed E-state index contributed by atoms with van der Waals surface area (Å²) in [5.74, 6) is -0.432. The van der Waals surface area contributed by atoms with Gasteiger partial charge in [0.15, 0.2) is 0 Å². The predicted molar refractivity (Wildman–Crippen MR) is 287 cm³/mol. The van der Waals surface area contributed by atoms with E-state index in [1.165, 1.54) is 33.0 Å². The van der Waals surface area contributed by atoms with E-state index in [1.807, 2.05) is 83.1 Å². The molecule has 0 heterocycles. The van der Waals surface area contributed by atoms with Crippen LogP contribution in [0.25, 0.3) is 10.8 Å². The Labute approximate surface area is 445 Å². The second-order valence-electron chi connectivity index (χ2n) is 21.7. The smallest absolute Gasteiger partial charge is 0.510 e. The number of para-hydroxylation sites is 2. The average Bonchev–Trinajstić information content (AvgIpc) is 3.51. The molecule has 0 spiro atoms. The van der Waals surface area contributed by atoms with Crippen molar-refractivity contribution in [1.29, 1.82) is 0 Å². The number of aryl methyl sites for hydroxylation is 4. The first-order valence-corrected chi connectivity index (χ1v) is 24.6. The van der Waals surface area contributed by atoms with Gasteiger partial charge in [0.2, 0.25) is 0 Å². The number of hydrogen-bond acceptors (Lipinski definition) is 10. The minimum absolute atomic E-state index is 0. The van der Waals surface area contributed by atoms with Crippen LogP contribution < -0.4 is 19.7 Å². The number of phenolic OH excluding ortho intramolecular Hbond substituents is 2. The maximum Gasteiger partial charge on any atom is 2.00 e. The molecule has 13 heteroatoms. The third-order valence-corrected chi connectivity index (χ3v) is 13.1. The molecule has 6 aromatic carbocycles. The second kappa shape index (κ2) is 22.1. The fourth-order valence-electron chi connectivity index (χ4n) is 8.56. The van der Waals surface area contributed by atoms with E-state index in [4.69, 9.17) is 19.5 Å². The van der Waals surface area contributed by atoms with Crippen LogP contribution in [0.1, 0.15) is 139 Å². The first-order valence-electron chi connectivity index (χ1n) is 23.0. The van der Waals surface area contributed by atoms with E-state index < -0.39 is 12.3 Å². The molecule has 0 unspecified atom stereocenters. The molecule has 0 aliphatic heterocycles. The molecule has 0 atom stereocenters. The summed E-state index contributed by atoms with van der Waals surface area (Å²) in [6, 6.07) is 29.2. The fraction of sp³-hybridized carbons (Fsp3) is 0.345. The molecule has 0 saturated carbocycles. The van der Waals surface area contributed by atoms with Gasteiger partial charge in [-0.3, -0.25) is 0 Å². The van der Waals surface area contributed by atoms with E-state index in [9.17, 15) is 30.0 Å². The zero-order valence-corrected chi connectivity index (χ0v) is 47.6. The van der Waals surface area contributed by atoms with Crippen molar-refractivity contribution in [3.8, 4) is 23.0 Å². The zero-order chi connectivity index (χ0) is 52.6. The summed E-state index contributed by atoms with van der Waals surface area (Å²) < 4.78 is 10.9. The molecular formula is C58H64Br2N2NiO8. The van der Waals surface area contributed by atoms with Crippen molar-refractivity contribution in [2.45, 2.75) is 132 Å². The van der Waals surface area contributed by atoms with Crippen molar-refractivity contribution < 1.29 is 56.0 Å². The monoisotopic (exact) mass is 1130 g/mol. The van der Waals surface area contributed by atoms with Gasteiger partial charge in [-0.1, -0.05) is 188 Å². The van der Waals surface area contributed by atoms with Gasteiger partial charge in [-0.2, -0.15) is 0 Å². The Morgan fingerprint density at radius 3 is 1.07 bits per heavy atom. The van der Waals surface area contributed by atoms with Crippen LogP contribution in [0.2, 0.25) is 0 Å². The van der Waals surface area contributed by atoms with Crippen molar-refractivity contribution in [1.82, 2.24) is 0 Å². The van der Waals surface area contributed by atoms with E-state index in [1.54, 1.807) is 12.1 Å². The topological polar surface area (TPSA) is 164 Å². The van der Waals surface area contributed by atoms with Gasteiger partial charge < -0.3 is 39.5 Å². The average molecular weight is 1140 g/mol. The van der Waals surface area contributed by atoms with Gasteiger partial charge in [-0.25, -0.2) is 9.98 Å². The van der Waals surface area contributed by atoms with Crippen LogP contribution >= 0.6 is 31.9 Å². The molecule has 0 fully saturated rings. The molecule has 378 valence electrons. The standard InChI is InChI=1S/C28H24N2.2C15H21BrO4.Ni/c1-17-9-5-10-18(2)25(17)29-27-22-15-7-13-21-14-8-16-23(24(21)22)28(27)30-26-19(3)11-6-12-20(26)4;2*1-14(2,3)8-7-9(16)10(15(4,5)6)11(17)12(8)20-13(18)19;/h5-16H,1-4H3;2*7,17H,1-6H3,(H,18,19);/q;;;+2/p-2. The summed E-state index contributed by atoms with van der Waals surface area (Å²) in [7, 11) is 0. The molecule has 1 aliphatic carbocycles. The number of hydrogen-bond donors (Lipinski definition) is 2. The van der Waals surface area contributed by atoms with Gasteiger partial charge in [0, 0.05) is 36.6 Å². The molecule has 10 nitrogen and oxygen atoms in total. The maximum atomic E-state index is 10.8. The molecule has 0 bridgehead atoms. The Hall–Kier alpha value is -5.49. The van der Waals surface area contributed by atoms with E-state index >= 15 is 0 Å². The van der Waals surface area contributed by atoms with Gasteiger partial charge in [0.25, 0.3) is 12.3 Å². The van der Waals surface area contributed by atoms with Crippen molar-refractivity contribution in [2.75, 3.05) is 0 Å². The van der Waals surface area contributed by atoms with Crippen LogP contribution in [0.4, 0.5) is 21.0 Å². The summed E-state index contributed by atoms with van der Waals surface area (Å²) in [5.41, 5.74) is 11.9. The van der Waals surface area contributed by atoms with Crippen LogP contribution in [0, 0.1) is 27.7 Å². The van der Waals surface area contributed by atoms with Gasteiger partial charge in [-0.15, -0.1) is 0 Å². The number of halogens is 2. The van der Waals surface area contributed by atoms with Crippen molar-refractivity contribution in [2.24, 2.45) is 9.98 Å². The number of carboxylic acid groups (broad SMARTS) is 2. The Morgan fingerprint density at radius 1 is 0.507 bits per heavy atom. The number of aliphatic imine (C=N–C) groups is 2.